The van der Waals surface area contributed by atoms with Crippen LogP contribution in [0.3, 0.4) is 0 Å². The summed E-state index contributed by atoms with van der Waals surface area (Å²) >= 11 is 1.58. The van der Waals surface area contributed by atoms with Gasteiger partial charge in [0.15, 0.2) is 11.5 Å². The van der Waals surface area contributed by atoms with Crippen LogP contribution in [-0.4, -0.2) is 48.2 Å². The Hall–Kier alpha value is -3.70. The largest absolute Gasteiger partial charge is 0.500 e. The summed E-state index contributed by atoms with van der Waals surface area (Å²) in [5.41, 5.74) is 1.35. The second-order valence-corrected chi connectivity index (χ2v) is 10.4. The van der Waals surface area contributed by atoms with Crippen LogP contribution in [0.1, 0.15) is 55.9 Å². The molecule has 0 radical (unpaired) electrons. The number of nitro benzene ring substituents is 1. The van der Waals surface area contributed by atoms with E-state index in [1.165, 1.54) is 19.2 Å². The third-order valence-corrected chi connectivity index (χ3v) is 7.62. The van der Waals surface area contributed by atoms with Crippen molar-refractivity contribution in [3.63, 3.8) is 0 Å². The first-order valence-corrected chi connectivity index (χ1v) is 13.1. The Morgan fingerprint density at radius 3 is 2.68 bits per heavy atom. The first-order chi connectivity index (χ1) is 18.1. The summed E-state index contributed by atoms with van der Waals surface area (Å²) in [7, 11) is 1.28. The van der Waals surface area contributed by atoms with Gasteiger partial charge in [-0.25, -0.2) is 4.79 Å². The number of methoxy groups -OCH3 is 1. The van der Waals surface area contributed by atoms with Gasteiger partial charge >= 0.3 is 11.7 Å². The van der Waals surface area contributed by atoms with Gasteiger partial charge in [-0.1, -0.05) is 6.07 Å². The van der Waals surface area contributed by atoms with Crippen LogP contribution in [0.2, 0.25) is 0 Å². The lowest BCUT2D eigenvalue weighted by Gasteiger charge is -2.36. The molecular weight excluding hydrogens is 512 g/mol. The molecule has 1 aliphatic carbocycles. The quantitative estimate of drug-likeness (QED) is 0.200. The van der Waals surface area contributed by atoms with Crippen molar-refractivity contribution in [2.24, 2.45) is 0 Å². The molecule has 1 aromatic carbocycles. The van der Waals surface area contributed by atoms with Crippen LogP contribution >= 0.6 is 11.3 Å². The van der Waals surface area contributed by atoms with E-state index in [0.717, 1.165) is 4.88 Å². The van der Waals surface area contributed by atoms with E-state index < -0.39 is 28.2 Å². The highest BCUT2D eigenvalue weighted by Crippen LogP contribution is 2.49. The van der Waals surface area contributed by atoms with Crippen molar-refractivity contribution in [2.75, 3.05) is 20.3 Å². The number of ketones is 1. The van der Waals surface area contributed by atoms with E-state index in [0.29, 0.717) is 23.4 Å². The summed E-state index contributed by atoms with van der Waals surface area (Å²) in [6.45, 7) is 5.64. The second kappa shape index (κ2) is 11.4. The maximum atomic E-state index is 13.7. The van der Waals surface area contributed by atoms with Gasteiger partial charge in [-0.05, 0) is 50.3 Å². The van der Waals surface area contributed by atoms with Gasteiger partial charge in [-0.3, -0.25) is 14.9 Å². The highest BCUT2D eigenvalue weighted by atomic mass is 32.1. The number of carbonyl (C=O) groups is 2. The Morgan fingerprint density at radius 2 is 2.05 bits per heavy atom. The number of nitrogens with zero attached hydrogens (tertiary/aromatic N) is 1. The summed E-state index contributed by atoms with van der Waals surface area (Å²) in [6, 6.07) is 6.53. The number of ether oxygens (including phenoxy) is 3. The molecule has 1 aromatic heterocycles. The van der Waals surface area contributed by atoms with Crippen LogP contribution < -0.4 is 10.1 Å². The van der Waals surface area contributed by atoms with Gasteiger partial charge in [0.25, 0.3) is 0 Å². The molecule has 4 rings (SSSR count). The van der Waals surface area contributed by atoms with Crippen molar-refractivity contribution in [1.29, 1.82) is 0 Å². The molecule has 2 unspecified atom stereocenters. The average molecular weight is 543 g/mol. The zero-order chi connectivity index (χ0) is 27.6. The summed E-state index contributed by atoms with van der Waals surface area (Å²) in [5.74, 6) is -2.57. The summed E-state index contributed by atoms with van der Waals surface area (Å²) in [6.07, 6.45) is 0.739. The Bertz CT molecular complexity index is 1310. The lowest BCUT2D eigenvalue weighted by Crippen LogP contribution is -2.36. The second-order valence-electron chi connectivity index (χ2n) is 9.44. The maximum absolute atomic E-state index is 13.7. The highest BCUT2D eigenvalue weighted by Gasteiger charge is 2.42. The Morgan fingerprint density at radius 1 is 1.29 bits per heavy atom. The molecule has 0 spiro atoms. The number of aromatic hydroxyl groups is 1. The predicted octanol–water partition coefficient (Wildman–Crippen LogP) is 4.70. The molecule has 11 heteroatoms. The molecule has 10 nitrogen and oxygen atoms in total. The summed E-state index contributed by atoms with van der Waals surface area (Å²) < 4.78 is 16.2. The SMILES string of the molecule is COc1cc(C2C(C(=O)OCCOC(C)C)=C(C)NC3=C2C(=O)CC(c2cccs2)C3)cc([N+](=O)[O-])c1O. The van der Waals surface area contributed by atoms with Crippen LogP contribution in [0, 0.1) is 10.1 Å². The van der Waals surface area contributed by atoms with Gasteiger partial charge in [-0.15, -0.1) is 11.3 Å². The van der Waals surface area contributed by atoms with E-state index >= 15 is 0 Å². The van der Waals surface area contributed by atoms with Crippen molar-refractivity contribution in [2.45, 2.75) is 51.6 Å². The topological polar surface area (TPSA) is 137 Å². The van der Waals surface area contributed by atoms with Gasteiger partial charge in [0, 0.05) is 46.2 Å². The van der Waals surface area contributed by atoms with Crippen molar-refractivity contribution < 1.29 is 33.8 Å². The Balaban J connectivity index is 1.80. The number of esters is 1. The molecule has 0 bridgehead atoms. The number of thiophene rings is 1. The smallest absolute Gasteiger partial charge is 0.336 e. The standard InChI is InChI=1S/C27H30N2O8S/c1-14(2)36-7-8-37-27(32)23-15(3)28-18-10-16(22-6-5-9-38-22)12-20(30)25(18)24(23)17-11-19(29(33)34)26(31)21(13-17)35-4/h5-6,9,11,13-14,16,24,28,31H,7-8,10,12H2,1-4H3. The van der Waals surface area contributed by atoms with Crippen LogP contribution in [-0.2, 0) is 19.1 Å². The van der Waals surface area contributed by atoms with Crippen LogP contribution in [0.15, 0.2) is 52.2 Å². The van der Waals surface area contributed by atoms with Gasteiger partial charge in [-0.2, -0.15) is 0 Å². The van der Waals surface area contributed by atoms with E-state index in [1.807, 2.05) is 31.4 Å². The normalized spacial score (nSPS) is 19.3. The number of benzene rings is 1. The minimum Gasteiger partial charge on any atom is -0.500 e. The number of dihydropyridines is 1. The minimum atomic E-state index is -0.949. The lowest BCUT2D eigenvalue weighted by molar-refractivity contribution is -0.386. The first kappa shape index (κ1) is 27.3. The van der Waals surface area contributed by atoms with E-state index in [9.17, 15) is 24.8 Å². The average Bonchev–Trinajstić information content (AvgIpc) is 3.40. The predicted molar refractivity (Wildman–Crippen MR) is 140 cm³/mol. The lowest BCUT2D eigenvalue weighted by atomic mass is 9.72. The molecule has 38 heavy (non-hydrogen) atoms. The van der Waals surface area contributed by atoms with Crippen molar-refractivity contribution in [3.05, 3.63) is 72.7 Å². The molecule has 0 saturated carbocycles. The molecule has 202 valence electrons. The van der Waals surface area contributed by atoms with Crippen LogP contribution in [0.25, 0.3) is 0 Å². The van der Waals surface area contributed by atoms with Gasteiger partial charge in [0.05, 0.1) is 30.3 Å². The number of Topliss-reactive ketones (excluding diaryl/α,β-unsaturated/α-hetero) is 1. The fourth-order valence-electron chi connectivity index (χ4n) is 4.94. The molecule has 0 amide bonds. The summed E-state index contributed by atoms with van der Waals surface area (Å²) in [4.78, 5) is 39.1. The molecule has 0 saturated heterocycles. The minimum absolute atomic E-state index is 0.000136. The number of phenolic OH excluding ortho intramolecular Hbond substituents is 1. The maximum Gasteiger partial charge on any atom is 0.336 e. The number of phenols is 1. The number of rotatable bonds is 9. The molecule has 2 atom stereocenters. The van der Waals surface area contributed by atoms with E-state index in [1.54, 1.807) is 18.3 Å². The molecule has 2 aliphatic rings. The van der Waals surface area contributed by atoms with Gasteiger partial charge in [0.1, 0.15) is 6.61 Å². The van der Waals surface area contributed by atoms with Crippen molar-refractivity contribution >= 4 is 28.8 Å². The molecular formula is C27H30N2O8S. The van der Waals surface area contributed by atoms with Crippen LogP contribution in [0.5, 0.6) is 11.5 Å². The number of allylic oxidation sites excluding steroid dienone is 3. The first-order valence-electron chi connectivity index (χ1n) is 12.2. The highest BCUT2D eigenvalue weighted by molar-refractivity contribution is 7.10. The Labute approximate surface area is 224 Å². The zero-order valence-corrected chi connectivity index (χ0v) is 22.4. The number of nitrogens with one attached hydrogen (secondary N) is 1. The molecule has 2 N–H and O–H groups in total. The fourth-order valence-corrected chi connectivity index (χ4v) is 5.77. The van der Waals surface area contributed by atoms with E-state index in [2.05, 4.69) is 5.32 Å². The molecule has 2 heterocycles. The van der Waals surface area contributed by atoms with Crippen molar-refractivity contribution in [3.8, 4) is 11.5 Å². The van der Waals surface area contributed by atoms with Crippen molar-refractivity contribution in [1.82, 2.24) is 5.32 Å². The molecule has 1 aliphatic heterocycles. The van der Waals surface area contributed by atoms with E-state index in [-0.39, 0.29) is 54.3 Å². The molecule has 2 aromatic rings. The summed E-state index contributed by atoms with van der Waals surface area (Å²) in [5, 5.41) is 27.3. The number of hydrogen-bond donors (Lipinski definition) is 2. The third-order valence-electron chi connectivity index (χ3n) is 6.59. The number of carbonyl (C=O) groups excluding carboxylic acids is 2. The number of hydrogen-bond acceptors (Lipinski definition) is 10. The number of nitro groups is 1. The zero-order valence-electron chi connectivity index (χ0n) is 21.6. The molecule has 0 fully saturated rings. The third kappa shape index (κ3) is 5.44. The fraction of sp³-hybridized carbons (Fsp3) is 0.407. The van der Waals surface area contributed by atoms with E-state index in [4.69, 9.17) is 14.2 Å². The van der Waals surface area contributed by atoms with Gasteiger partial charge in [0.2, 0.25) is 5.75 Å². The van der Waals surface area contributed by atoms with Crippen LogP contribution in [0.4, 0.5) is 5.69 Å². The monoisotopic (exact) mass is 542 g/mol. The Kier molecular flexibility index (Phi) is 8.17. The van der Waals surface area contributed by atoms with Gasteiger partial charge < -0.3 is 24.6 Å².